The molecule has 150 valence electrons. The molecular formula is C25H28N2O2. The standard InChI is InChI=1S/C25H28N2O2/c1-3-26-17-22(24(28)21-15-18(2)9-10-23(21)26)25(29)27-13-11-20(12-14-27)16-19-7-5-4-6-8-19/h4-10,15,17,20H,3,11-14,16H2,1-2H3. The average Bonchev–Trinajstić information content (AvgIpc) is 2.75. The fourth-order valence-corrected chi connectivity index (χ4v) is 4.38. The zero-order chi connectivity index (χ0) is 20.4. The quantitative estimate of drug-likeness (QED) is 0.664. The van der Waals surface area contributed by atoms with Gasteiger partial charge in [-0.25, -0.2) is 0 Å². The van der Waals surface area contributed by atoms with Crippen LogP contribution in [0.3, 0.4) is 0 Å². The SMILES string of the molecule is CCn1cc(C(=O)N2CCC(Cc3ccccc3)CC2)c(=O)c2cc(C)ccc21. The van der Waals surface area contributed by atoms with Crippen LogP contribution in [0.1, 0.15) is 41.3 Å². The number of piperidine rings is 1. The van der Waals surface area contributed by atoms with Crippen LogP contribution >= 0.6 is 0 Å². The Morgan fingerprint density at radius 1 is 1.07 bits per heavy atom. The van der Waals surface area contributed by atoms with Crippen LogP contribution in [0.4, 0.5) is 0 Å². The van der Waals surface area contributed by atoms with Gasteiger partial charge < -0.3 is 9.47 Å². The summed E-state index contributed by atoms with van der Waals surface area (Å²) in [7, 11) is 0. The van der Waals surface area contributed by atoms with E-state index in [1.165, 1.54) is 5.56 Å². The third-order valence-corrected chi connectivity index (χ3v) is 6.08. The molecule has 1 aliphatic heterocycles. The molecule has 0 atom stereocenters. The first-order chi connectivity index (χ1) is 14.1. The lowest BCUT2D eigenvalue weighted by Gasteiger charge is -2.32. The number of hydrogen-bond acceptors (Lipinski definition) is 2. The first kappa shape index (κ1) is 19.4. The number of carbonyl (C=O) groups is 1. The monoisotopic (exact) mass is 388 g/mol. The van der Waals surface area contributed by atoms with Crippen molar-refractivity contribution in [3.63, 3.8) is 0 Å². The number of benzene rings is 2. The highest BCUT2D eigenvalue weighted by molar-refractivity contribution is 5.97. The molecule has 29 heavy (non-hydrogen) atoms. The molecule has 1 aromatic heterocycles. The Kier molecular flexibility index (Phi) is 5.52. The van der Waals surface area contributed by atoms with Crippen LogP contribution in [0.15, 0.2) is 59.5 Å². The van der Waals surface area contributed by atoms with E-state index >= 15 is 0 Å². The van der Waals surface area contributed by atoms with Gasteiger partial charge in [0.1, 0.15) is 5.56 Å². The zero-order valence-corrected chi connectivity index (χ0v) is 17.2. The Morgan fingerprint density at radius 2 is 1.79 bits per heavy atom. The van der Waals surface area contributed by atoms with E-state index in [-0.39, 0.29) is 11.3 Å². The van der Waals surface area contributed by atoms with Crippen molar-refractivity contribution < 1.29 is 4.79 Å². The molecule has 4 heteroatoms. The van der Waals surface area contributed by atoms with Gasteiger partial charge in [0.25, 0.3) is 5.91 Å². The normalized spacial score (nSPS) is 15.0. The van der Waals surface area contributed by atoms with Crippen LogP contribution in [0.5, 0.6) is 0 Å². The van der Waals surface area contributed by atoms with Gasteiger partial charge in [0.15, 0.2) is 0 Å². The van der Waals surface area contributed by atoms with E-state index in [9.17, 15) is 9.59 Å². The first-order valence-corrected chi connectivity index (χ1v) is 10.5. The number of fused-ring (bicyclic) bond motifs is 1. The Labute approximate surface area is 171 Å². The summed E-state index contributed by atoms with van der Waals surface area (Å²) in [4.78, 5) is 28.1. The van der Waals surface area contributed by atoms with Gasteiger partial charge in [0.2, 0.25) is 5.43 Å². The summed E-state index contributed by atoms with van der Waals surface area (Å²) >= 11 is 0. The third-order valence-electron chi connectivity index (χ3n) is 6.08. The second-order valence-corrected chi connectivity index (χ2v) is 8.10. The average molecular weight is 389 g/mol. The number of aromatic nitrogens is 1. The minimum atomic E-state index is -0.148. The summed E-state index contributed by atoms with van der Waals surface area (Å²) in [5, 5.41) is 0.636. The second-order valence-electron chi connectivity index (χ2n) is 8.10. The lowest BCUT2D eigenvalue weighted by Crippen LogP contribution is -2.41. The van der Waals surface area contributed by atoms with Crippen molar-refractivity contribution in [3.05, 3.63) is 81.6 Å². The van der Waals surface area contributed by atoms with Gasteiger partial charge in [0.05, 0.1) is 5.52 Å². The summed E-state index contributed by atoms with van der Waals surface area (Å²) < 4.78 is 2.01. The largest absolute Gasteiger partial charge is 0.347 e. The summed E-state index contributed by atoms with van der Waals surface area (Å²) in [6.45, 7) is 6.16. The molecule has 4 nitrogen and oxygen atoms in total. The van der Waals surface area contributed by atoms with Crippen LogP contribution in [-0.2, 0) is 13.0 Å². The first-order valence-electron chi connectivity index (χ1n) is 10.5. The maximum atomic E-state index is 13.2. The van der Waals surface area contributed by atoms with Crippen molar-refractivity contribution in [2.45, 2.75) is 39.7 Å². The molecule has 3 aromatic rings. The van der Waals surface area contributed by atoms with Crippen molar-refractivity contribution >= 4 is 16.8 Å². The molecule has 1 saturated heterocycles. The fraction of sp³-hybridized carbons (Fsp3) is 0.360. The van der Waals surface area contributed by atoms with Gasteiger partial charge >= 0.3 is 0 Å². The van der Waals surface area contributed by atoms with E-state index in [2.05, 4.69) is 24.3 Å². The van der Waals surface area contributed by atoms with Crippen LogP contribution < -0.4 is 5.43 Å². The maximum Gasteiger partial charge on any atom is 0.259 e. The van der Waals surface area contributed by atoms with Gasteiger partial charge in [0, 0.05) is 31.2 Å². The topological polar surface area (TPSA) is 42.3 Å². The van der Waals surface area contributed by atoms with Gasteiger partial charge in [-0.3, -0.25) is 9.59 Å². The number of carbonyl (C=O) groups excluding carboxylic acids is 1. The zero-order valence-electron chi connectivity index (χ0n) is 17.2. The van der Waals surface area contributed by atoms with Gasteiger partial charge in [-0.15, -0.1) is 0 Å². The molecule has 0 spiro atoms. The molecule has 1 fully saturated rings. The van der Waals surface area contributed by atoms with Crippen molar-refractivity contribution in [1.29, 1.82) is 0 Å². The highest BCUT2D eigenvalue weighted by Gasteiger charge is 2.26. The van der Waals surface area contributed by atoms with Gasteiger partial charge in [-0.05, 0) is 56.7 Å². The molecule has 1 amide bonds. The van der Waals surface area contributed by atoms with E-state index in [1.807, 2.05) is 47.6 Å². The van der Waals surface area contributed by atoms with E-state index < -0.39 is 0 Å². The number of nitrogens with zero attached hydrogens (tertiary/aromatic N) is 2. The van der Waals surface area contributed by atoms with Crippen LogP contribution in [0, 0.1) is 12.8 Å². The molecule has 2 aromatic carbocycles. The molecule has 2 heterocycles. The van der Waals surface area contributed by atoms with E-state index in [4.69, 9.17) is 0 Å². The minimum absolute atomic E-state index is 0.126. The predicted molar refractivity (Wildman–Crippen MR) is 117 cm³/mol. The fourth-order valence-electron chi connectivity index (χ4n) is 4.38. The summed E-state index contributed by atoms with van der Waals surface area (Å²) in [5.74, 6) is 0.465. The lowest BCUT2D eigenvalue weighted by atomic mass is 9.90. The summed E-state index contributed by atoms with van der Waals surface area (Å²) in [6.07, 6.45) is 4.77. The second kappa shape index (κ2) is 8.24. The minimum Gasteiger partial charge on any atom is -0.347 e. The molecule has 0 saturated carbocycles. The Hall–Kier alpha value is -2.88. The summed E-state index contributed by atoms with van der Waals surface area (Å²) in [6, 6.07) is 16.4. The van der Waals surface area contributed by atoms with Gasteiger partial charge in [-0.2, -0.15) is 0 Å². The lowest BCUT2D eigenvalue weighted by molar-refractivity contribution is 0.0688. The summed E-state index contributed by atoms with van der Waals surface area (Å²) in [5.41, 5.74) is 3.43. The highest BCUT2D eigenvalue weighted by atomic mass is 16.2. The number of amides is 1. The molecule has 4 rings (SSSR count). The molecule has 0 bridgehead atoms. The maximum absolute atomic E-state index is 13.2. The predicted octanol–water partition coefficient (Wildman–Crippen LogP) is 4.42. The van der Waals surface area contributed by atoms with E-state index in [0.717, 1.165) is 36.9 Å². The third kappa shape index (κ3) is 3.98. The number of pyridine rings is 1. The number of rotatable bonds is 4. The number of likely N-dealkylation sites (tertiary alicyclic amines) is 1. The van der Waals surface area contributed by atoms with Crippen molar-refractivity contribution in [1.82, 2.24) is 9.47 Å². The van der Waals surface area contributed by atoms with Gasteiger partial charge in [-0.1, -0.05) is 42.0 Å². The number of aryl methyl sites for hydroxylation is 2. The van der Waals surface area contributed by atoms with Crippen LogP contribution in [0.25, 0.3) is 10.9 Å². The van der Waals surface area contributed by atoms with Crippen LogP contribution in [0.2, 0.25) is 0 Å². The number of hydrogen-bond donors (Lipinski definition) is 0. The Bertz CT molecular complexity index is 1080. The molecule has 1 aliphatic rings. The molecule has 0 radical (unpaired) electrons. The molecular weight excluding hydrogens is 360 g/mol. The molecule has 0 unspecified atom stereocenters. The van der Waals surface area contributed by atoms with E-state index in [1.54, 1.807) is 6.20 Å². The highest BCUT2D eigenvalue weighted by Crippen LogP contribution is 2.23. The van der Waals surface area contributed by atoms with Crippen molar-refractivity contribution in [2.24, 2.45) is 5.92 Å². The smallest absolute Gasteiger partial charge is 0.259 e. The Morgan fingerprint density at radius 3 is 2.48 bits per heavy atom. The molecule has 0 N–H and O–H groups in total. The molecule has 0 aliphatic carbocycles. The van der Waals surface area contributed by atoms with Crippen LogP contribution in [-0.4, -0.2) is 28.5 Å². The van der Waals surface area contributed by atoms with E-state index in [0.29, 0.717) is 30.0 Å². The van der Waals surface area contributed by atoms with Crippen molar-refractivity contribution in [3.8, 4) is 0 Å². The van der Waals surface area contributed by atoms with Crippen molar-refractivity contribution in [2.75, 3.05) is 13.1 Å². The Balaban J connectivity index is 1.54.